The molecule has 0 saturated heterocycles. The van der Waals surface area contributed by atoms with E-state index < -0.39 is 5.97 Å². The number of hydrogen-bond donors (Lipinski definition) is 0. The molecule has 0 atom stereocenters. The summed E-state index contributed by atoms with van der Waals surface area (Å²) in [5.41, 5.74) is 2.70. The molecule has 0 amide bonds. The van der Waals surface area contributed by atoms with Gasteiger partial charge < -0.3 is 9.30 Å². The lowest BCUT2D eigenvalue weighted by Gasteiger charge is -2.06. The Balaban J connectivity index is 2.30. The summed E-state index contributed by atoms with van der Waals surface area (Å²) in [7, 11) is 3.15. The highest BCUT2D eigenvalue weighted by atomic mass is 19.1. The van der Waals surface area contributed by atoms with Crippen molar-refractivity contribution in [3.8, 4) is 11.3 Å². The lowest BCUT2D eigenvalue weighted by atomic mass is 10.1. The Bertz CT molecular complexity index is 869. The van der Waals surface area contributed by atoms with Crippen molar-refractivity contribution in [2.45, 2.75) is 6.92 Å². The van der Waals surface area contributed by atoms with Gasteiger partial charge in [0.05, 0.1) is 18.4 Å². The monoisotopic (exact) mass is 299 g/mol. The van der Waals surface area contributed by atoms with Crippen molar-refractivity contribution in [1.29, 1.82) is 0 Å². The number of ether oxygens (including phenoxy) is 1. The fourth-order valence-corrected chi connectivity index (χ4v) is 2.29. The summed E-state index contributed by atoms with van der Waals surface area (Å²) in [6, 6.07) is 7.57. The molecule has 0 radical (unpaired) electrons. The minimum Gasteiger partial charge on any atom is -0.465 e. The second-order valence-electron chi connectivity index (χ2n) is 4.94. The molecule has 0 spiro atoms. The molecule has 0 saturated carbocycles. The van der Waals surface area contributed by atoms with E-state index in [-0.39, 0.29) is 5.82 Å². The molecule has 0 aliphatic heterocycles. The summed E-state index contributed by atoms with van der Waals surface area (Å²) >= 11 is 0. The predicted octanol–water partition coefficient (Wildman–Crippen LogP) is 2.87. The molecule has 6 heteroatoms. The summed E-state index contributed by atoms with van der Waals surface area (Å²) < 4.78 is 19.7. The Labute approximate surface area is 126 Å². The maximum atomic E-state index is 13.1. The number of imidazole rings is 1. The minimum absolute atomic E-state index is 0.325. The van der Waals surface area contributed by atoms with E-state index in [2.05, 4.69) is 9.97 Å². The molecule has 0 N–H and O–H groups in total. The SMILES string of the molecule is COC(=O)c1cc(-c2ccc(F)cc2)nc2c1nc(C)n2C. The van der Waals surface area contributed by atoms with Crippen LogP contribution in [0.3, 0.4) is 0 Å². The van der Waals surface area contributed by atoms with E-state index in [0.29, 0.717) is 28.0 Å². The quantitative estimate of drug-likeness (QED) is 0.683. The molecule has 0 aliphatic carbocycles. The van der Waals surface area contributed by atoms with Gasteiger partial charge in [0.2, 0.25) is 0 Å². The van der Waals surface area contributed by atoms with E-state index >= 15 is 0 Å². The zero-order valence-corrected chi connectivity index (χ0v) is 12.4. The fourth-order valence-electron chi connectivity index (χ4n) is 2.29. The topological polar surface area (TPSA) is 57.0 Å². The molecule has 112 valence electrons. The number of benzene rings is 1. The van der Waals surface area contributed by atoms with Gasteiger partial charge in [0.15, 0.2) is 5.65 Å². The second kappa shape index (κ2) is 5.22. The fraction of sp³-hybridized carbons (Fsp3) is 0.188. The van der Waals surface area contributed by atoms with Gasteiger partial charge in [-0.25, -0.2) is 19.2 Å². The van der Waals surface area contributed by atoms with Crippen LogP contribution in [0.25, 0.3) is 22.4 Å². The first-order chi connectivity index (χ1) is 10.5. The third-order valence-electron chi connectivity index (χ3n) is 3.60. The number of methoxy groups -OCH3 is 1. The first-order valence-electron chi connectivity index (χ1n) is 6.69. The van der Waals surface area contributed by atoms with E-state index in [1.807, 2.05) is 14.0 Å². The summed E-state index contributed by atoms with van der Waals surface area (Å²) in [6.45, 7) is 1.83. The van der Waals surface area contributed by atoms with Crippen molar-refractivity contribution >= 4 is 17.1 Å². The molecule has 0 unspecified atom stereocenters. The second-order valence-corrected chi connectivity index (χ2v) is 4.94. The number of hydrogen-bond acceptors (Lipinski definition) is 4. The number of carbonyl (C=O) groups is 1. The number of carbonyl (C=O) groups excluding carboxylic acids is 1. The molecule has 2 aromatic heterocycles. The summed E-state index contributed by atoms with van der Waals surface area (Å²) in [5.74, 6) is -0.0628. The van der Waals surface area contributed by atoms with Crippen molar-refractivity contribution < 1.29 is 13.9 Å². The standard InChI is InChI=1S/C16H14FN3O2/c1-9-18-14-12(16(21)22-3)8-13(19-15(14)20(9)2)10-4-6-11(17)7-5-10/h4-8H,1-3H3. The van der Waals surface area contributed by atoms with Crippen LogP contribution in [0, 0.1) is 12.7 Å². The molecule has 3 rings (SSSR count). The summed E-state index contributed by atoms with van der Waals surface area (Å²) in [5, 5.41) is 0. The van der Waals surface area contributed by atoms with E-state index in [1.165, 1.54) is 19.2 Å². The van der Waals surface area contributed by atoms with Gasteiger partial charge in [0, 0.05) is 12.6 Å². The van der Waals surface area contributed by atoms with Gasteiger partial charge >= 0.3 is 5.97 Å². The van der Waals surface area contributed by atoms with E-state index in [4.69, 9.17) is 4.74 Å². The number of fused-ring (bicyclic) bond motifs is 1. The predicted molar refractivity (Wildman–Crippen MR) is 80.0 cm³/mol. The van der Waals surface area contributed by atoms with Crippen molar-refractivity contribution in [1.82, 2.24) is 14.5 Å². The lowest BCUT2D eigenvalue weighted by Crippen LogP contribution is -2.04. The molecule has 22 heavy (non-hydrogen) atoms. The molecule has 0 aliphatic rings. The maximum Gasteiger partial charge on any atom is 0.340 e. The van der Waals surface area contributed by atoms with Gasteiger partial charge in [-0.05, 0) is 37.3 Å². The zero-order valence-electron chi connectivity index (χ0n) is 12.4. The van der Waals surface area contributed by atoms with Crippen molar-refractivity contribution in [3.05, 3.63) is 47.5 Å². The minimum atomic E-state index is -0.478. The molecule has 1 aromatic carbocycles. The smallest absolute Gasteiger partial charge is 0.340 e. The van der Waals surface area contributed by atoms with Crippen molar-refractivity contribution in [2.75, 3.05) is 7.11 Å². The third-order valence-corrected chi connectivity index (χ3v) is 3.60. The number of aryl methyl sites for hydroxylation is 2. The van der Waals surface area contributed by atoms with Crippen LogP contribution in [0.2, 0.25) is 0 Å². The van der Waals surface area contributed by atoms with Crippen molar-refractivity contribution in [2.24, 2.45) is 7.05 Å². The van der Waals surface area contributed by atoms with Crippen LogP contribution in [-0.2, 0) is 11.8 Å². The van der Waals surface area contributed by atoms with E-state index in [0.717, 1.165) is 5.82 Å². The summed E-state index contributed by atoms with van der Waals surface area (Å²) in [6.07, 6.45) is 0. The third kappa shape index (κ3) is 2.22. The molecule has 5 nitrogen and oxygen atoms in total. The number of aromatic nitrogens is 3. The maximum absolute atomic E-state index is 13.1. The Hall–Kier alpha value is -2.76. The Morgan fingerprint density at radius 1 is 1.23 bits per heavy atom. The van der Waals surface area contributed by atoms with Crippen LogP contribution in [0.1, 0.15) is 16.2 Å². The van der Waals surface area contributed by atoms with Crippen LogP contribution in [-0.4, -0.2) is 27.6 Å². The van der Waals surface area contributed by atoms with Gasteiger partial charge in [-0.1, -0.05) is 0 Å². The number of halogens is 1. The van der Waals surface area contributed by atoms with Crippen LogP contribution in [0.15, 0.2) is 30.3 Å². The Morgan fingerprint density at radius 2 is 1.91 bits per heavy atom. The summed E-state index contributed by atoms with van der Waals surface area (Å²) in [4.78, 5) is 20.9. The molecular weight excluding hydrogens is 285 g/mol. The number of nitrogens with zero attached hydrogens (tertiary/aromatic N) is 3. The average molecular weight is 299 g/mol. The molecule has 0 fully saturated rings. The van der Waals surface area contributed by atoms with E-state index in [1.54, 1.807) is 22.8 Å². The normalized spacial score (nSPS) is 10.9. The van der Waals surface area contributed by atoms with Gasteiger partial charge in [0.1, 0.15) is 17.2 Å². The van der Waals surface area contributed by atoms with E-state index in [9.17, 15) is 9.18 Å². The molecule has 2 heterocycles. The Morgan fingerprint density at radius 3 is 2.55 bits per heavy atom. The first-order valence-corrected chi connectivity index (χ1v) is 6.69. The Kier molecular flexibility index (Phi) is 3.36. The van der Waals surface area contributed by atoms with Crippen LogP contribution in [0.5, 0.6) is 0 Å². The van der Waals surface area contributed by atoms with Crippen LogP contribution < -0.4 is 0 Å². The van der Waals surface area contributed by atoms with Crippen LogP contribution >= 0.6 is 0 Å². The molecule has 3 aromatic rings. The van der Waals surface area contributed by atoms with Gasteiger partial charge in [-0.15, -0.1) is 0 Å². The average Bonchev–Trinajstić information content (AvgIpc) is 2.81. The number of pyridine rings is 1. The molecule has 0 bridgehead atoms. The number of rotatable bonds is 2. The zero-order chi connectivity index (χ0) is 15.9. The lowest BCUT2D eigenvalue weighted by molar-refractivity contribution is 0.0602. The highest BCUT2D eigenvalue weighted by Crippen LogP contribution is 2.25. The highest BCUT2D eigenvalue weighted by Gasteiger charge is 2.19. The van der Waals surface area contributed by atoms with Gasteiger partial charge in [-0.3, -0.25) is 0 Å². The first kappa shape index (κ1) is 14.2. The van der Waals surface area contributed by atoms with Gasteiger partial charge in [0.25, 0.3) is 0 Å². The van der Waals surface area contributed by atoms with Gasteiger partial charge in [-0.2, -0.15) is 0 Å². The molecular formula is C16H14FN3O2. The van der Waals surface area contributed by atoms with Crippen LogP contribution in [0.4, 0.5) is 4.39 Å². The largest absolute Gasteiger partial charge is 0.465 e. The number of esters is 1. The highest BCUT2D eigenvalue weighted by molar-refractivity contribution is 6.02. The van der Waals surface area contributed by atoms with Crippen molar-refractivity contribution in [3.63, 3.8) is 0 Å².